The van der Waals surface area contributed by atoms with Crippen molar-refractivity contribution in [2.45, 2.75) is 74.5 Å². The molecule has 186 valence electrons. The summed E-state index contributed by atoms with van der Waals surface area (Å²) in [6.45, 7) is 5.01. The van der Waals surface area contributed by atoms with Gasteiger partial charge in [-0.05, 0) is 51.1 Å². The number of carbonyl (C=O) groups is 1. The van der Waals surface area contributed by atoms with Gasteiger partial charge in [0, 0.05) is 18.8 Å². The van der Waals surface area contributed by atoms with Crippen molar-refractivity contribution in [3.05, 3.63) is 30.3 Å². The molecule has 0 spiro atoms. The predicted molar refractivity (Wildman–Crippen MR) is 131 cm³/mol. The first-order chi connectivity index (χ1) is 15.7. The molecule has 0 bridgehead atoms. The maximum Gasteiger partial charge on any atom is 0.237 e. The molecule has 2 aliphatic rings. The molecule has 0 radical (unpaired) electrons. The van der Waals surface area contributed by atoms with Gasteiger partial charge in [0.1, 0.15) is 29.3 Å². The number of nitrogens with zero attached hydrogens (tertiary/aromatic N) is 1. The number of thioether (sulfide) groups is 1. The quantitative estimate of drug-likeness (QED) is 0.358. The normalized spacial score (nSPS) is 35.8. The summed E-state index contributed by atoms with van der Waals surface area (Å²) in [5.74, 6) is 0.371. The van der Waals surface area contributed by atoms with Gasteiger partial charge in [0.05, 0.1) is 12.1 Å². The number of aliphatic hydroxyl groups excluding tert-OH is 3. The van der Waals surface area contributed by atoms with Crippen LogP contribution in [0.25, 0.3) is 0 Å². The van der Waals surface area contributed by atoms with Crippen molar-refractivity contribution in [3.8, 4) is 0 Å². The summed E-state index contributed by atoms with van der Waals surface area (Å²) in [4.78, 5) is 15.5. The third-order valence-corrected chi connectivity index (χ3v) is 7.91. The molecule has 2 aliphatic heterocycles. The summed E-state index contributed by atoms with van der Waals surface area (Å²) in [5, 5.41) is 38.3. The predicted octanol–water partition coefficient (Wildman–Crippen LogP) is 1.26. The number of ether oxygens (including phenoxy) is 1. The van der Waals surface area contributed by atoms with Crippen LogP contribution in [0.2, 0.25) is 0 Å². The lowest BCUT2D eigenvalue weighted by molar-refractivity contribution is -0.248. The van der Waals surface area contributed by atoms with E-state index in [9.17, 15) is 20.1 Å². The van der Waals surface area contributed by atoms with Gasteiger partial charge < -0.3 is 30.7 Å². The van der Waals surface area contributed by atoms with Gasteiger partial charge in [0.25, 0.3) is 0 Å². The molecule has 1 aromatic carbocycles. The molecule has 1 amide bonds. The average Bonchev–Trinajstić information content (AvgIpc) is 3.18. The van der Waals surface area contributed by atoms with Crippen molar-refractivity contribution < 1.29 is 24.9 Å². The largest absolute Gasteiger partial charge is 0.387 e. The number of para-hydroxylation sites is 1. The molecule has 8 nitrogen and oxygen atoms in total. The van der Waals surface area contributed by atoms with E-state index in [0.29, 0.717) is 5.92 Å². The van der Waals surface area contributed by atoms with Crippen LogP contribution in [-0.2, 0) is 9.53 Å². The Kier molecular flexibility index (Phi) is 9.05. The van der Waals surface area contributed by atoms with Gasteiger partial charge in [-0.25, -0.2) is 0 Å². The first-order valence-electron chi connectivity index (χ1n) is 11.8. The Labute approximate surface area is 201 Å². The summed E-state index contributed by atoms with van der Waals surface area (Å²) >= 11 is 1.26. The molecule has 2 saturated heterocycles. The number of hydrogen-bond acceptors (Lipinski definition) is 8. The first-order valence-corrected chi connectivity index (χ1v) is 13.0. The number of aliphatic hydroxyl groups is 3. The topological polar surface area (TPSA) is 114 Å². The molecule has 1 aromatic rings. The molecule has 2 heterocycles. The third kappa shape index (κ3) is 5.83. The number of benzene rings is 1. The molecule has 8 atom stereocenters. The molecule has 0 aliphatic carbocycles. The Morgan fingerprint density at radius 2 is 1.97 bits per heavy atom. The van der Waals surface area contributed by atoms with E-state index in [2.05, 4.69) is 22.5 Å². The van der Waals surface area contributed by atoms with Gasteiger partial charge in [-0.3, -0.25) is 9.69 Å². The van der Waals surface area contributed by atoms with Crippen molar-refractivity contribution in [2.75, 3.05) is 31.7 Å². The van der Waals surface area contributed by atoms with Gasteiger partial charge in [0.2, 0.25) is 5.91 Å². The fraction of sp³-hybridized carbons (Fsp3) is 0.708. The van der Waals surface area contributed by atoms with Gasteiger partial charge >= 0.3 is 0 Å². The maximum absolute atomic E-state index is 13.4. The Morgan fingerprint density at radius 1 is 1.27 bits per heavy atom. The number of likely N-dealkylation sites (N-methyl/N-ethyl adjacent to an activating group) is 1. The molecule has 0 aromatic heterocycles. The van der Waals surface area contributed by atoms with Crippen molar-refractivity contribution in [2.24, 2.45) is 5.92 Å². The fourth-order valence-electron chi connectivity index (χ4n) is 5.02. The number of anilines is 1. The second-order valence-corrected chi connectivity index (χ2v) is 10.4. The van der Waals surface area contributed by atoms with Crippen molar-refractivity contribution >= 4 is 23.4 Å². The van der Waals surface area contributed by atoms with E-state index in [1.807, 2.05) is 37.4 Å². The van der Waals surface area contributed by atoms with Crippen LogP contribution in [0, 0.1) is 5.92 Å². The number of rotatable bonds is 9. The van der Waals surface area contributed by atoms with E-state index < -0.39 is 35.4 Å². The number of amides is 1. The van der Waals surface area contributed by atoms with Crippen molar-refractivity contribution in [1.82, 2.24) is 10.2 Å². The second-order valence-electron chi connectivity index (χ2n) is 9.49. The van der Waals surface area contributed by atoms with Crippen molar-refractivity contribution in [1.29, 1.82) is 0 Å². The molecule has 2 fully saturated rings. The van der Waals surface area contributed by atoms with Crippen LogP contribution in [0.4, 0.5) is 5.69 Å². The highest BCUT2D eigenvalue weighted by atomic mass is 32.2. The molecule has 0 saturated carbocycles. The summed E-state index contributed by atoms with van der Waals surface area (Å²) in [6, 6.07) is 8.67. The lowest BCUT2D eigenvalue weighted by atomic mass is 9.82. The molecule has 3 rings (SSSR count). The highest BCUT2D eigenvalue weighted by molar-refractivity contribution is 7.99. The minimum Gasteiger partial charge on any atom is -0.387 e. The van der Waals surface area contributed by atoms with Crippen molar-refractivity contribution in [3.63, 3.8) is 0 Å². The molecular weight excluding hydrogens is 442 g/mol. The zero-order valence-corrected chi connectivity index (χ0v) is 20.8. The van der Waals surface area contributed by atoms with Crippen LogP contribution in [0.5, 0.6) is 0 Å². The van der Waals surface area contributed by atoms with E-state index in [4.69, 9.17) is 4.74 Å². The zero-order valence-electron chi connectivity index (χ0n) is 20.0. The van der Waals surface area contributed by atoms with Crippen LogP contribution in [0.15, 0.2) is 30.3 Å². The van der Waals surface area contributed by atoms with E-state index >= 15 is 0 Å². The van der Waals surface area contributed by atoms with Gasteiger partial charge in [-0.1, -0.05) is 31.5 Å². The average molecular weight is 482 g/mol. The number of hydrogen-bond donors (Lipinski definition) is 5. The summed E-state index contributed by atoms with van der Waals surface area (Å²) in [5.41, 5.74) is -1.18. The van der Waals surface area contributed by atoms with Gasteiger partial charge in [0.15, 0.2) is 0 Å². The minimum absolute atomic E-state index is 0.116. The fourth-order valence-corrected chi connectivity index (χ4v) is 5.77. The molecule has 5 N–H and O–H groups in total. The Bertz CT molecular complexity index is 770. The first kappa shape index (κ1) is 26.2. The van der Waals surface area contributed by atoms with E-state index in [0.717, 1.165) is 31.5 Å². The summed E-state index contributed by atoms with van der Waals surface area (Å²) in [7, 11) is 1.97. The van der Waals surface area contributed by atoms with Gasteiger partial charge in [-0.2, -0.15) is 0 Å². The van der Waals surface area contributed by atoms with E-state index in [1.54, 1.807) is 13.2 Å². The van der Waals surface area contributed by atoms with Crippen LogP contribution in [0.1, 0.15) is 33.1 Å². The molecule has 33 heavy (non-hydrogen) atoms. The molecule has 4 unspecified atom stereocenters. The van der Waals surface area contributed by atoms with Crippen LogP contribution >= 0.6 is 11.8 Å². The molecular formula is C24H39N3O5S. The lowest BCUT2D eigenvalue weighted by Crippen LogP contribution is -2.71. The van der Waals surface area contributed by atoms with Crippen LogP contribution in [-0.4, -0.2) is 94.0 Å². The third-order valence-electron chi connectivity index (χ3n) is 7.07. The Hall–Kier alpha value is -1.36. The van der Waals surface area contributed by atoms with Crippen LogP contribution in [0.3, 0.4) is 0 Å². The summed E-state index contributed by atoms with van der Waals surface area (Å²) < 4.78 is 6.15. The minimum atomic E-state index is -1.39. The number of nitrogens with one attached hydrogen (secondary N) is 2. The summed E-state index contributed by atoms with van der Waals surface area (Å²) in [6.07, 6.45) is 0.752. The second kappa shape index (κ2) is 11.4. The standard InChI is InChI=1S/C24H39N3O5S/c1-5-9-15-12-17(27(3)14-15)22(31)26-18(13-25-16-10-7-6-8-11-16)24(2)21(30)19(28)20(29)23(32-24)33-4/h6-8,10-11,15,17-21,23,25,28-30H,5,9,12-14H2,1-4H3,(H,26,31)/t15-,17+,18-,19?,20-,21?,23?,24?/m1/s1. The number of likely N-dealkylation sites (tertiary alicyclic amines) is 1. The maximum atomic E-state index is 13.4. The van der Waals surface area contributed by atoms with Gasteiger partial charge in [-0.15, -0.1) is 11.8 Å². The zero-order chi connectivity index (χ0) is 24.2. The highest BCUT2D eigenvalue weighted by Gasteiger charge is 2.55. The number of carbonyl (C=O) groups excluding carboxylic acids is 1. The van der Waals surface area contributed by atoms with E-state index in [1.165, 1.54) is 11.8 Å². The smallest absolute Gasteiger partial charge is 0.237 e. The monoisotopic (exact) mass is 481 g/mol. The molecule has 9 heteroatoms. The Morgan fingerprint density at radius 3 is 2.61 bits per heavy atom. The highest BCUT2D eigenvalue weighted by Crippen LogP contribution is 2.36. The van der Waals surface area contributed by atoms with Crippen LogP contribution < -0.4 is 10.6 Å². The SMILES string of the molecule is CCC[C@@H]1C[C@@H](C(=O)N[C@H](CNc2ccccc2)C2(C)OC(SC)[C@H](O)C(O)C2O)N(C)C1. The van der Waals surface area contributed by atoms with E-state index in [-0.39, 0.29) is 18.5 Å². The lowest BCUT2D eigenvalue weighted by Gasteiger charge is -2.50. The Balaban J connectivity index is 1.82.